The van der Waals surface area contributed by atoms with Gasteiger partial charge in [0.2, 0.25) is 0 Å². The summed E-state index contributed by atoms with van der Waals surface area (Å²) >= 11 is 5.93. The van der Waals surface area contributed by atoms with Crippen LogP contribution in [0.5, 0.6) is 0 Å². The van der Waals surface area contributed by atoms with Crippen molar-refractivity contribution < 1.29 is 18.0 Å². The van der Waals surface area contributed by atoms with Gasteiger partial charge in [-0.05, 0) is 18.2 Å². The molecule has 0 saturated heterocycles. The number of carbonyl (C=O) groups excluding carboxylic acids is 1. The fourth-order valence-corrected chi connectivity index (χ4v) is 2.51. The number of halogens is 4. The van der Waals surface area contributed by atoms with E-state index in [1.165, 1.54) is 41.3 Å². The van der Waals surface area contributed by atoms with E-state index in [4.69, 9.17) is 11.6 Å². The van der Waals surface area contributed by atoms with Crippen molar-refractivity contribution in [3.05, 3.63) is 70.5 Å². The fraction of sp³-hybridized carbons (Fsp3) is 0.0588. The number of nitrogens with zero attached hydrogens (tertiary/aromatic N) is 4. The van der Waals surface area contributed by atoms with Gasteiger partial charge in [-0.15, -0.1) is 5.10 Å². The summed E-state index contributed by atoms with van der Waals surface area (Å²) in [6, 6.07) is 9.11. The molecule has 1 amide bonds. The molecular weight excluding hydrogens is 383 g/mol. The standard InChI is InChI=1S/C17H9ClF3N5O/c18-13-5-7-23-15(11(13)9-22)26-8-6-14(25-26)24-16(27)10-3-1-2-4-12(10)17(19,20)21/h1-8H,(H,24,25,27). The third kappa shape index (κ3) is 3.75. The summed E-state index contributed by atoms with van der Waals surface area (Å²) in [6.07, 6.45) is -1.90. The predicted octanol–water partition coefficient (Wildman–Crippen LogP) is 4.06. The Bertz CT molecular complexity index is 1060. The van der Waals surface area contributed by atoms with Gasteiger partial charge in [-0.1, -0.05) is 23.7 Å². The highest BCUT2D eigenvalue weighted by atomic mass is 35.5. The van der Waals surface area contributed by atoms with E-state index in [1.807, 2.05) is 6.07 Å². The number of nitrogens with one attached hydrogen (secondary N) is 1. The first-order chi connectivity index (χ1) is 12.8. The first kappa shape index (κ1) is 18.4. The number of carbonyl (C=O) groups is 1. The normalized spacial score (nSPS) is 11.1. The van der Waals surface area contributed by atoms with E-state index < -0.39 is 23.2 Å². The molecule has 0 aliphatic carbocycles. The Morgan fingerprint density at radius 2 is 1.96 bits per heavy atom. The van der Waals surface area contributed by atoms with Gasteiger partial charge >= 0.3 is 6.18 Å². The van der Waals surface area contributed by atoms with Gasteiger partial charge in [0.05, 0.1) is 16.1 Å². The molecule has 6 nitrogen and oxygen atoms in total. The number of nitriles is 1. The van der Waals surface area contributed by atoms with Crippen LogP contribution in [-0.2, 0) is 6.18 Å². The van der Waals surface area contributed by atoms with Crippen LogP contribution in [-0.4, -0.2) is 20.7 Å². The molecule has 1 aromatic carbocycles. The molecule has 0 atom stereocenters. The Labute approximate surface area is 155 Å². The largest absolute Gasteiger partial charge is 0.417 e. The second kappa shape index (κ2) is 7.09. The number of pyridine rings is 1. The van der Waals surface area contributed by atoms with Crippen LogP contribution < -0.4 is 5.32 Å². The molecule has 3 rings (SSSR count). The zero-order valence-corrected chi connectivity index (χ0v) is 14.1. The van der Waals surface area contributed by atoms with Crippen LogP contribution in [0.4, 0.5) is 19.0 Å². The van der Waals surface area contributed by atoms with Gasteiger partial charge in [-0.25, -0.2) is 9.67 Å². The Balaban J connectivity index is 1.89. The van der Waals surface area contributed by atoms with Crippen molar-refractivity contribution in [2.75, 3.05) is 5.32 Å². The summed E-state index contributed by atoms with van der Waals surface area (Å²) in [7, 11) is 0. The molecule has 1 N–H and O–H groups in total. The minimum atomic E-state index is -4.67. The summed E-state index contributed by atoms with van der Waals surface area (Å²) in [5.74, 6) is -0.850. The molecule has 0 unspecified atom stereocenters. The molecule has 0 fully saturated rings. The van der Waals surface area contributed by atoms with Gasteiger partial charge in [0.1, 0.15) is 11.6 Å². The van der Waals surface area contributed by atoms with Gasteiger partial charge < -0.3 is 5.32 Å². The minimum Gasteiger partial charge on any atom is -0.305 e. The van der Waals surface area contributed by atoms with Gasteiger partial charge in [0.15, 0.2) is 11.6 Å². The van der Waals surface area contributed by atoms with E-state index in [2.05, 4.69) is 15.4 Å². The average molecular weight is 392 g/mol. The molecule has 0 aliphatic heterocycles. The fourth-order valence-electron chi connectivity index (χ4n) is 2.33. The van der Waals surface area contributed by atoms with Crippen LogP contribution in [0.2, 0.25) is 5.02 Å². The summed E-state index contributed by atoms with van der Waals surface area (Å²) < 4.78 is 40.3. The SMILES string of the molecule is N#Cc1c(Cl)ccnc1-n1ccc(NC(=O)c2ccccc2C(F)(F)F)n1. The number of anilines is 1. The van der Waals surface area contributed by atoms with E-state index in [1.54, 1.807) is 0 Å². The van der Waals surface area contributed by atoms with Crippen molar-refractivity contribution in [1.82, 2.24) is 14.8 Å². The molecule has 10 heteroatoms. The van der Waals surface area contributed by atoms with Crippen molar-refractivity contribution in [2.24, 2.45) is 0 Å². The highest BCUT2D eigenvalue weighted by Gasteiger charge is 2.34. The quantitative estimate of drug-likeness (QED) is 0.729. The number of aromatic nitrogens is 3. The Kier molecular flexibility index (Phi) is 4.83. The molecule has 27 heavy (non-hydrogen) atoms. The monoisotopic (exact) mass is 391 g/mol. The number of hydrogen-bond acceptors (Lipinski definition) is 4. The second-order valence-electron chi connectivity index (χ2n) is 5.25. The van der Waals surface area contributed by atoms with Gasteiger partial charge in [0.25, 0.3) is 5.91 Å². The van der Waals surface area contributed by atoms with Crippen LogP contribution in [0.25, 0.3) is 5.82 Å². The maximum atomic E-state index is 13.0. The zero-order chi connectivity index (χ0) is 19.6. The van der Waals surface area contributed by atoms with E-state index in [9.17, 15) is 23.2 Å². The van der Waals surface area contributed by atoms with E-state index in [0.29, 0.717) is 0 Å². The lowest BCUT2D eigenvalue weighted by Crippen LogP contribution is -2.19. The van der Waals surface area contributed by atoms with Crippen molar-refractivity contribution in [2.45, 2.75) is 6.18 Å². The lowest BCUT2D eigenvalue weighted by atomic mass is 10.1. The zero-order valence-electron chi connectivity index (χ0n) is 13.3. The molecule has 2 aromatic heterocycles. The van der Waals surface area contributed by atoms with E-state index in [-0.39, 0.29) is 22.2 Å². The highest BCUT2D eigenvalue weighted by molar-refractivity contribution is 6.31. The number of rotatable bonds is 3. The first-order valence-electron chi connectivity index (χ1n) is 7.39. The summed E-state index contributed by atoms with van der Waals surface area (Å²) in [6.45, 7) is 0. The van der Waals surface area contributed by atoms with Crippen molar-refractivity contribution in [3.63, 3.8) is 0 Å². The van der Waals surface area contributed by atoms with E-state index in [0.717, 1.165) is 12.1 Å². The first-order valence-corrected chi connectivity index (χ1v) is 7.77. The van der Waals surface area contributed by atoms with Crippen LogP contribution >= 0.6 is 11.6 Å². The third-order valence-corrected chi connectivity index (χ3v) is 3.83. The number of amides is 1. The number of alkyl halides is 3. The molecule has 0 bridgehead atoms. The van der Waals surface area contributed by atoms with Gasteiger partial charge in [-0.2, -0.15) is 18.4 Å². The van der Waals surface area contributed by atoms with Crippen LogP contribution in [0.1, 0.15) is 21.5 Å². The van der Waals surface area contributed by atoms with Crippen molar-refractivity contribution in [3.8, 4) is 11.9 Å². The van der Waals surface area contributed by atoms with Crippen LogP contribution in [0.15, 0.2) is 48.8 Å². The number of hydrogen-bond donors (Lipinski definition) is 1. The highest BCUT2D eigenvalue weighted by Crippen LogP contribution is 2.32. The minimum absolute atomic E-state index is 0.0114. The van der Waals surface area contributed by atoms with Crippen LogP contribution in [0, 0.1) is 11.3 Å². The van der Waals surface area contributed by atoms with Gasteiger partial charge in [0, 0.05) is 18.5 Å². The molecule has 136 valence electrons. The molecular formula is C17H9ClF3N5O. The van der Waals surface area contributed by atoms with E-state index >= 15 is 0 Å². The lowest BCUT2D eigenvalue weighted by molar-refractivity contribution is -0.137. The molecule has 0 saturated carbocycles. The third-order valence-electron chi connectivity index (χ3n) is 3.52. The van der Waals surface area contributed by atoms with Gasteiger partial charge in [-0.3, -0.25) is 4.79 Å². The molecule has 0 radical (unpaired) electrons. The summed E-state index contributed by atoms with van der Waals surface area (Å²) in [5.41, 5.74) is -1.51. The Morgan fingerprint density at radius 3 is 2.67 bits per heavy atom. The molecule has 0 aliphatic rings. The molecule has 3 aromatic rings. The smallest absolute Gasteiger partial charge is 0.305 e. The van der Waals surface area contributed by atoms with Crippen molar-refractivity contribution in [1.29, 1.82) is 5.26 Å². The number of benzene rings is 1. The topological polar surface area (TPSA) is 83.6 Å². The average Bonchev–Trinajstić information content (AvgIpc) is 3.09. The summed E-state index contributed by atoms with van der Waals surface area (Å²) in [4.78, 5) is 16.3. The molecule has 0 spiro atoms. The van der Waals surface area contributed by atoms with Crippen molar-refractivity contribution >= 4 is 23.3 Å². The maximum Gasteiger partial charge on any atom is 0.417 e. The Hall–Kier alpha value is -3.38. The molecule has 2 heterocycles. The maximum absolute atomic E-state index is 13.0. The second-order valence-corrected chi connectivity index (χ2v) is 5.65. The summed E-state index contributed by atoms with van der Waals surface area (Å²) in [5, 5.41) is 15.7. The Morgan fingerprint density at radius 1 is 1.22 bits per heavy atom. The predicted molar refractivity (Wildman–Crippen MR) is 90.5 cm³/mol. The van der Waals surface area contributed by atoms with Crippen LogP contribution in [0.3, 0.4) is 0 Å². The lowest BCUT2D eigenvalue weighted by Gasteiger charge is -2.11.